The lowest BCUT2D eigenvalue weighted by molar-refractivity contribution is -0.113. The normalized spacial score (nSPS) is 10.7. The average molecular weight is 249 g/mol. The number of nitrogens with zero attached hydrogens (tertiary/aromatic N) is 1. The zero-order valence-corrected chi connectivity index (χ0v) is 10.6. The van der Waals surface area contributed by atoms with Gasteiger partial charge < -0.3 is 4.79 Å². The maximum absolute atomic E-state index is 11.4. The molecule has 19 heavy (non-hydrogen) atoms. The van der Waals surface area contributed by atoms with Crippen LogP contribution in [0.15, 0.2) is 60.7 Å². The zero-order valence-electron chi connectivity index (χ0n) is 10.6. The van der Waals surface area contributed by atoms with E-state index in [1.165, 1.54) is 0 Å². The van der Waals surface area contributed by atoms with Crippen LogP contribution in [0.3, 0.4) is 0 Å². The number of carbonyl (C=O) groups is 1. The maximum Gasteiger partial charge on any atom is 0.140 e. The van der Waals surface area contributed by atoms with E-state index in [1.807, 2.05) is 60.7 Å². The Hall–Kier alpha value is -2.40. The van der Waals surface area contributed by atoms with Gasteiger partial charge in [-0.2, -0.15) is 5.26 Å². The Morgan fingerprint density at radius 3 is 1.63 bits per heavy atom. The number of benzene rings is 2. The van der Waals surface area contributed by atoms with Gasteiger partial charge in [-0.25, -0.2) is 0 Å². The second-order valence-corrected chi connectivity index (χ2v) is 4.71. The van der Waals surface area contributed by atoms with Crippen LogP contribution in [-0.2, 0) is 17.6 Å². The maximum atomic E-state index is 11.4. The van der Waals surface area contributed by atoms with Crippen LogP contribution in [0.2, 0.25) is 0 Å². The summed E-state index contributed by atoms with van der Waals surface area (Å²) in [5.74, 6) is 0. The van der Waals surface area contributed by atoms with Gasteiger partial charge in [0.2, 0.25) is 0 Å². The number of carbonyl (C=O) groups excluding carboxylic acids is 1. The molecule has 0 saturated heterocycles. The van der Waals surface area contributed by atoms with Crippen molar-refractivity contribution < 1.29 is 4.79 Å². The summed E-state index contributed by atoms with van der Waals surface area (Å²) in [6.45, 7) is 0. The Morgan fingerprint density at radius 2 is 1.32 bits per heavy atom. The molecular weight excluding hydrogens is 234 g/mol. The highest BCUT2D eigenvalue weighted by Gasteiger charge is 2.30. The van der Waals surface area contributed by atoms with E-state index in [-0.39, 0.29) is 0 Å². The van der Waals surface area contributed by atoms with Gasteiger partial charge in [0.15, 0.2) is 0 Å². The molecule has 0 aliphatic rings. The van der Waals surface area contributed by atoms with Gasteiger partial charge >= 0.3 is 0 Å². The number of hydrogen-bond acceptors (Lipinski definition) is 2. The van der Waals surface area contributed by atoms with Crippen molar-refractivity contribution in [2.45, 2.75) is 12.8 Å². The fourth-order valence-corrected chi connectivity index (χ4v) is 2.17. The summed E-state index contributed by atoms with van der Waals surface area (Å²) in [6, 6.07) is 21.5. The van der Waals surface area contributed by atoms with Crippen molar-refractivity contribution in [3.05, 3.63) is 71.8 Å². The predicted octanol–water partition coefficient (Wildman–Crippen LogP) is 3.18. The molecule has 0 aromatic heterocycles. The third-order valence-electron chi connectivity index (χ3n) is 3.17. The van der Waals surface area contributed by atoms with Gasteiger partial charge in [-0.1, -0.05) is 60.7 Å². The molecular formula is C17H15NO. The molecule has 2 nitrogen and oxygen atoms in total. The molecule has 2 aromatic carbocycles. The van der Waals surface area contributed by atoms with E-state index in [2.05, 4.69) is 6.07 Å². The fourth-order valence-electron chi connectivity index (χ4n) is 2.17. The molecule has 2 heteroatoms. The standard InChI is InChI=1S/C17H15NO/c18-13-17(14-19,11-15-7-3-1-4-8-15)12-16-9-5-2-6-10-16/h1-10,14H,11-12H2. The van der Waals surface area contributed by atoms with E-state index in [0.717, 1.165) is 17.4 Å². The fraction of sp³-hybridized carbons (Fsp3) is 0.176. The second-order valence-electron chi connectivity index (χ2n) is 4.71. The van der Waals surface area contributed by atoms with Crippen molar-refractivity contribution in [1.29, 1.82) is 5.26 Å². The van der Waals surface area contributed by atoms with Gasteiger partial charge in [0.05, 0.1) is 6.07 Å². The van der Waals surface area contributed by atoms with Crippen molar-refractivity contribution >= 4 is 6.29 Å². The van der Waals surface area contributed by atoms with Crippen molar-refractivity contribution in [1.82, 2.24) is 0 Å². The van der Waals surface area contributed by atoms with Crippen LogP contribution in [0.4, 0.5) is 0 Å². The quantitative estimate of drug-likeness (QED) is 0.764. The summed E-state index contributed by atoms with van der Waals surface area (Å²) in [4.78, 5) is 11.4. The minimum atomic E-state index is -0.983. The van der Waals surface area contributed by atoms with Crippen molar-refractivity contribution in [2.75, 3.05) is 0 Å². The highest BCUT2D eigenvalue weighted by Crippen LogP contribution is 2.25. The molecule has 2 rings (SSSR count). The molecule has 2 aromatic rings. The summed E-state index contributed by atoms with van der Waals surface area (Å²) >= 11 is 0. The van der Waals surface area contributed by atoms with Gasteiger partial charge in [-0.3, -0.25) is 0 Å². The van der Waals surface area contributed by atoms with Gasteiger partial charge in [0.1, 0.15) is 11.7 Å². The van der Waals surface area contributed by atoms with E-state index in [0.29, 0.717) is 12.8 Å². The van der Waals surface area contributed by atoms with Crippen LogP contribution in [0.5, 0.6) is 0 Å². The first-order valence-electron chi connectivity index (χ1n) is 6.23. The molecule has 94 valence electrons. The Labute approximate surface area is 113 Å². The van der Waals surface area contributed by atoms with Gasteiger partial charge in [0.25, 0.3) is 0 Å². The summed E-state index contributed by atoms with van der Waals surface area (Å²) in [5.41, 5.74) is 1.03. The lowest BCUT2D eigenvalue weighted by Gasteiger charge is -2.20. The zero-order chi connectivity index (χ0) is 13.6. The molecule has 0 N–H and O–H groups in total. The molecule has 0 aliphatic carbocycles. The van der Waals surface area contributed by atoms with Crippen LogP contribution in [0.25, 0.3) is 0 Å². The third kappa shape index (κ3) is 3.29. The van der Waals surface area contributed by atoms with Crippen LogP contribution < -0.4 is 0 Å². The minimum Gasteiger partial charge on any atom is -0.302 e. The van der Waals surface area contributed by atoms with Crippen LogP contribution in [0, 0.1) is 16.7 Å². The lowest BCUT2D eigenvalue weighted by atomic mass is 9.79. The van der Waals surface area contributed by atoms with E-state index in [4.69, 9.17) is 0 Å². The third-order valence-corrected chi connectivity index (χ3v) is 3.17. The molecule has 0 heterocycles. The highest BCUT2D eigenvalue weighted by atomic mass is 16.1. The van der Waals surface area contributed by atoms with Gasteiger partial charge in [-0.05, 0) is 24.0 Å². The van der Waals surface area contributed by atoms with Crippen molar-refractivity contribution in [3.8, 4) is 6.07 Å². The van der Waals surface area contributed by atoms with E-state index >= 15 is 0 Å². The topological polar surface area (TPSA) is 40.9 Å². The molecule has 0 unspecified atom stereocenters. The SMILES string of the molecule is N#CC(C=O)(Cc1ccccc1)Cc1ccccc1. The number of nitriles is 1. The minimum absolute atomic E-state index is 0.447. The second kappa shape index (κ2) is 5.97. The molecule has 0 saturated carbocycles. The molecule has 0 amide bonds. The van der Waals surface area contributed by atoms with Crippen LogP contribution >= 0.6 is 0 Å². The number of rotatable bonds is 5. The molecule has 0 radical (unpaired) electrons. The summed E-state index contributed by atoms with van der Waals surface area (Å²) in [6.07, 6.45) is 1.68. The Kier molecular flexibility index (Phi) is 4.10. The number of hydrogen-bond donors (Lipinski definition) is 0. The van der Waals surface area contributed by atoms with E-state index < -0.39 is 5.41 Å². The summed E-state index contributed by atoms with van der Waals surface area (Å²) < 4.78 is 0. The summed E-state index contributed by atoms with van der Waals surface area (Å²) in [7, 11) is 0. The largest absolute Gasteiger partial charge is 0.302 e. The van der Waals surface area contributed by atoms with Crippen LogP contribution in [0.1, 0.15) is 11.1 Å². The van der Waals surface area contributed by atoms with Gasteiger partial charge in [0, 0.05) is 0 Å². The molecule has 0 bridgehead atoms. The first-order valence-corrected chi connectivity index (χ1v) is 6.23. The van der Waals surface area contributed by atoms with Gasteiger partial charge in [-0.15, -0.1) is 0 Å². The smallest absolute Gasteiger partial charge is 0.140 e. The first-order chi connectivity index (χ1) is 9.28. The first kappa shape index (κ1) is 13.0. The predicted molar refractivity (Wildman–Crippen MR) is 74.4 cm³/mol. The average Bonchev–Trinajstić information content (AvgIpc) is 2.48. The monoisotopic (exact) mass is 249 g/mol. The van der Waals surface area contributed by atoms with Crippen molar-refractivity contribution in [2.24, 2.45) is 5.41 Å². The van der Waals surface area contributed by atoms with Crippen molar-refractivity contribution in [3.63, 3.8) is 0 Å². The lowest BCUT2D eigenvalue weighted by Crippen LogP contribution is -2.26. The summed E-state index contributed by atoms with van der Waals surface area (Å²) in [5, 5.41) is 9.42. The molecule has 0 atom stereocenters. The Bertz CT molecular complexity index is 528. The van der Waals surface area contributed by atoms with Crippen LogP contribution in [-0.4, -0.2) is 6.29 Å². The molecule has 0 aliphatic heterocycles. The van der Waals surface area contributed by atoms with E-state index in [9.17, 15) is 10.1 Å². The highest BCUT2D eigenvalue weighted by molar-refractivity contribution is 5.65. The molecule has 0 spiro atoms. The Morgan fingerprint density at radius 1 is 0.895 bits per heavy atom. The molecule has 0 fully saturated rings. The number of aldehydes is 1. The Balaban J connectivity index is 2.24. The van der Waals surface area contributed by atoms with E-state index in [1.54, 1.807) is 0 Å².